The van der Waals surface area contributed by atoms with Crippen molar-refractivity contribution in [3.05, 3.63) is 23.7 Å². The van der Waals surface area contributed by atoms with Gasteiger partial charge in [0.15, 0.2) is 0 Å². The maximum Gasteiger partial charge on any atom is 0.123 e. The average Bonchev–Trinajstić information content (AvgIpc) is 3.15. The van der Waals surface area contributed by atoms with Crippen LogP contribution in [0.25, 0.3) is 0 Å². The van der Waals surface area contributed by atoms with Crippen molar-refractivity contribution in [3.63, 3.8) is 0 Å². The smallest absolute Gasteiger partial charge is 0.123 e. The molecule has 1 aromatic rings. The Morgan fingerprint density at radius 1 is 1.21 bits per heavy atom. The first-order chi connectivity index (χ1) is 9.31. The van der Waals surface area contributed by atoms with Crippen LogP contribution in [0, 0.1) is 5.92 Å². The molecule has 0 aliphatic heterocycles. The minimum Gasteiger partial charge on any atom is -0.468 e. The molecule has 0 atom stereocenters. The Bertz CT molecular complexity index is 389. The van der Waals surface area contributed by atoms with Gasteiger partial charge in [-0.2, -0.15) is 0 Å². The summed E-state index contributed by atoms with van der Waals surface area (Å²) < 4.78 is 11.6. The number of hydrogen-bond donors (Lipinski definition) is 1. The summed E-state index contributed by atoms with van der Waals surface area (Å²) in [7, 11) is 0. The van der Waals surface area contributed by atoms with Gasteiger partial charge in [0.25, 0.3) is 0 Å². The first-order valence-electron chi connectivity index (χ1n) is 7.71. The Balaban J connectivity index is 1.45. The fourth-order valence-electron chi connectivity index (χ4n) is 2.78. The molecule has 0 amide bonds. The molecule has 106 valence electrons. The largest absolute Gasteiger partial charge is 0.468 e. The summed E-state index contributed by atoms with van der Waals surface area (Å²) in [5.41, 5.74) is 1.21. The molecule has 0 spiro atoms. The second-order valence-electron chi connectivity index (χ2n) is 6.22. The average molecular weight is 263 g/mol. The van der Waals surface area contributed by atoms with Gasteiger partial charge < -0.3 is 14.5 Å². The summed E-state index contributed by atoms with van der Waals surface area (Å²) in [5, 5.41) is 3.49. The van der Waals surface area contributed by atoms with E-state index in [4.69, 9.17) is 9.15 Å². The van der Waals surface area contributed by atoms with Crippen molar-refractivity contribution in [2.45, 2.75) is 70.7 Å². The van der Waals surface area contributed by atoms with E-state index in [9.17, 15) is 0 Å². The minimum absolute atomic E-state index is 0.454. The standard InChI is InChI=1S/C16H25NO2/c1-12-2-6-15(7-3-12)19-11-13-8-9-18-16(13)10-17-14-4-5-14/h8-9,12,14-15,17H,2-7,10-11H2,1H3. The Morgan fingerprint density at radius 3 is 2.74 bits per heavy atom. The van der Waals surface area contributed by atoms with E-state index in [0.29, 0.717) is 12.7 Å². The molecule has 0 aromatic carbocycles. The lowest BCUT2D eigenvalue weighted by Gasteiger charge is -2.26. The van der Waals surface area contributed by atoms with Crippen LogP contribution in [0.1, 0.15) is 56.8 Å². The lowest BCUT2D eigenvalue weighted by molar-refractivity contribution is 0.00814. The number of rotatable bonds is 6. The van der Waals surface area contributed by atoms with Crippen LogP contribution in [-0.2, 0) is 17.9 Å². The van der Waals surface area contributed by atoms with Crippen LogP contribution in [0.2, 0.25) is 0 Å². The number of ether oxygens (including phenoxy) is 1. The molecule has 0 radical (unpaired) electrons. The van der Waals surface area contributed by atoms with Crippen LogP contribution < -0.4 is 5.32 Å². The zero-order chi connectivity index (χ0) is 13.1. The van der Waals surface area contributed by atoms with Crippen LogP contribution in [-0.4, -0.2) is 12.1 Å². The highest BCUT2D eigenvalue weighted by Gasteiger charge is 2.22. The monoisotopic (exact) mass is 263 g/mol. The van der Waals surface area contributed by atoms with E-state index in [1.807, 2.05) is 0 Å². The molecule has 3 nitrogen and oxygen atoms in total. The summed E-state index contributed by atoms with van der Waals surface area (Å²) in [6.45, 7) is 3.89. The number of hydrogen-bond acceptors (Lipinski definition) is 3. The molecule has 1 aromatic heterocycles. The van der Waals surface area contributed by atoms with Gasteiger partial charge in [-0.15, -0.1) is 0 Å². The van der Waals surface area contributed by atoms with Crippen molar-refractivity contribution in [2.75, 3.05) is 0 Å². The molecule has 2 fully saturated rings. The van der Waals surface area contributed by atoms with Crippen LogP contribution in [0.3, 0.4) is 0 Å². The van der Waals surface area contributed by atoms with E-state index < -0.39 is 0 Å². The first-order valence-corrected chi connectivity index (χ1v) is 7.71. The molecule has 0 unspecified atom stereocenters. The molecule has 2 aliphatic carbocycles. The van der Waals surface area contributed by atoms with Gasteiger partial charge in [-0.1, -0.05) is 6.92 Å². The van der Waals surface area contributed by atoms with Gasteiger partial charge in [-0.3, -0.25) is 0 Å². The molecular weight excluding hydrogens is 238 g/mol. The number of nitrogens with one attached hydrogen (secondary N) is 1. The van der Waals surface area contributed by atoms with Crippen molar-refractivity contribution in [2.24, 2.45) is 5.92 Å². The van der Waals surface area contributed by atoms with E-state index in [2.05, 4.69) is 18.3 Å². The predicted molar refractivity (Wildman–Crippen MR) is 74.8 cm³/mol. The van der Waals surface area contributed by atoms with Crippen molar-refractivity contribution in [1.82, 2.24) is 5.32 Å². The van der Waals surface area contributed by atoms with Crippen molar-refractivity contribution >= 4 is 0 Å². The fraction of sp³-hybridized carbons (Fsp3) is 0.750. The van der Waals surface area contributed by atoms with Gasteiger partial charge in [-0.25, -0.2) is 0 Å². The molecule has 2 aliphatic rings. The lowest BCUT2D eigenvalue weighted by atomic mass is 9.89. The first kappa shape index (κ1) is 13.2. The van der Waals surface area contributed by atoms with Crippen molar-refractivity contribution < 1.29 is 9.15 Å². The fourth-order valence-corrected chi connectivity index (χ4v) is 2.78. The van der Waals surface area contributed by atoms with E-state index in [1.165, 1.54) is 44.1 Å². The topological polar surface area (TPSA) is 34.4 Å². The molecule has 3 heteroatoms. The third-order valence-corrected chi connectivity index (χ3v) is 4.40. The minimum atomic E-state index is 0.454. The van der Waals surface area contributed by atoms with Gasteiger partial charge in [-0.05, 0) is 50.5 Å². The summed E-state index contributed by atoms with van der Waals surface area (Å²) in [6, 6.07) is 2.77. The van der Waals surface area contributed by atoms with Crippen LogP contribution in [0.5, 0.6) is 0 Å². The Hall–Kier alpha value is -0.800. The molecule has 0 bridgehead atoms. The van der Waals surface area contributed by atoms with Crippen LogP contribution >= 0.6 is 0 Å². The molecule has 0 saturated heterocycles. The van der Waals surface area contributed by atoms with Crippen molar-refractivity contribution in [1.29, 1.82) is 0 Å². The van der Waals surface area contributed by atoms with Gasteiger partial charge >= 0.3 is 0 Å². The zero-order valence-electron chi connectivity index (χ0n) is 11.9. The van der Waals surface area contributed by atoms with Gasteiger partial charge in [0.2, 0.25) is 0 Å². The van der Waals surface area contributed by atoms with E-state index in [-0.39, 0.29) is 0 Å². The second kappa shape index (κ2) is 6.10. The van der Waals surface area contributed by atoms with E-state index in [1.54, 1.807) is 6.26 Å². The molecule has 19 heavy (non-hydrogen) atoms. The zero-order valence-corrected chi connectivity index (χ0v) is 11.9. The third kappa shape index (κ3) is 3.83. The predicted octanol–water partition coefficient (Wildman–Crippen LogP) is 3.63. The molecular formula is C16H25NO2. The SMILES string of the molecule is CC1CCC(OCc2ccoc2CNC2CC2)CC1. The van der Waals surface area contributed by atoms with Gasteiger partial charge in [0, 0.05) is 11.6 Å². The summed E-state index contributed by atoms with van der Waals surface area (Å²) in [4.78, 5) is 0. The van der Waals surface area contributed by atoms with E-state index >= 15 is 0 Å². The van der Waals surface area contributed by atoms with Crippen LogP contribution in [0.15, 0.2) is 16.7 Å². The quantitative estimate of drug-likeness (QED) is 0.851. The highest BCUT2D eigenvalue weighted by molar-refractivity contribution is 5.16. The van der Waals surface area contributed by atoms with Gasteiger partial charge in [0.05, 0.1) is 25.5 Å². The maximum absolute atomic E-state index is 6.05. The highest BCUT2D eigenvalue weighted by Crippen LogP contribution is 2.27. The normalized spacial score (nSPS) is 27.6. The second-order valence-corrected chi connectivity index (χ2v) is 6.22. The lowest BCUT2D eigenvalue weighted by Crippen LogP contribution is -2.21. The number of furan rings is 1. The third-order valence-electron chi connectivity index (χ3n) is 4.40. The van der Waals surface area contributed by atoms with Crippen LogP contribution in [0.4, 0.5) is 0 Å². The molecule has 1 N–H and O–H groups in total. The summed E-state index contributed by atoms with van der Waals surface area (Å²) >= 11 is 0. The Labute approximate surface area is 115 Å². The molecule has 3 rings (SSSR count). The Morgan fingerprint density at radius 2 is 2.00 bits per heavy atom. The molecule has 2 saturated carbocycles. The summed E-state index contributed by atoms with van der Waals surface area (Å²) in [6.07, 6.45) is 9.92. The maximum atomic E-state index is 6.05. The van der Waals surface area contributed by atoms with E-state index in [0.717, 1.165) is 24.3 Å². The highest BCUT2D eigenvalue weighted by atomic mass is 16.5. The van der Waals surface area contributed by atoms with Gasteiger partial charge in [0.1, 0.15) is 5.76 Å². The van der Waals surface area contributed by atoms with Crippen molar-refractivity contribution in [3.8, 4) is 0 Å². The Kier molecular flexibility index (Phi) is 4.24. The summed E-state index contributed by atoms with van der Waals surface area (Å²) in [5.74, 6) is 1.93. The molecule has 1 heterocycles.